The first-order valence-electron chi connectivity index (χ1n) is 9.31. The number of likely N-dealkylation sites (tertiary alicyclic amines) is 1. The van der Waals surface area contributed by atoms with Crippen LogP contribution < -0.4 is 5.32 Å². The monoisotopic (exact) mass is 345 g/mol. The first-order valence-corrected chi connectivity index (χ1v) is 9.31. The Bertz CT molecular complexity index is 949. The third kappa shape index (κ3) is 3.06. The fourth-order valence-electron chi connectivity index (χ4n) is 4.04. The van der Waals surface area contributed by atoms with Gasteiger partial charge in [-0.2, -0.15) is 5.10 Å². The predicted molar refractivity (Wildman–Crippen MR) is 106 cm³/mol. The fraction of sp³-hybridized carbons (Fsp3) is 0.286. The van der Waals surface area contributed by atoms with E-state index in [0.29, 0.717) is 6.04 Å². The van der Waals surface area contributed by atoms with E-state index in [1.807, 2.05) is 12.4 Å². The molecule has 5 heteroatoms. The number of fused-ring (bicyclic) bond motifs is 2. The van der Waals surface area contributed by atoms with Crippen LogP contribution in [0, 0.1) is 0 Å². The number of aromatic amines is 2. The minimum atomic E-state index is 0.490. The fourth-order valence-corrected chi connectivity index (χ4v) is 4.04. The zero-order valence-electron chi connectivity index (χ0n) is 14.7. The molecular weight excluding hydrogens is 322 g/mol. The Balaban J connectivity index is 1.26. The number of nitrogens with zero attached hydrogens (tertiary/aromatic N) is 2. The first-order chi connectivity index (χ1) is 12.8. The van der Waals surface area contributed by atoms with Gasteiger partial charge < -0.3 is 10.3 Å². The molecule has 1 saturated heterocycles. The Hall–Kier alpha value is -2.79. The van der Waals surface area contributed by atoms with E-state index in [4.69, 9.17) is 0 Å². The van der Waals surface area contributed by atoms with Crippen LogP contribution >= 0.6 is 0 Å². The predicted octanol–water partition coefficient (Wildman–Crippen LogP) is 4.12. The second-order valence-electron chi connectivity index (χ2n) is 7.29. The number of anilines is 1. The van der Waals surface area contributed by atoms with Crippen molar-refractivity contribution in [3.63, 3.8) is 0 Å². The highest BCUT2D eigenvalue weighted by Gasteiger charge is 2.20. The largest absolute Gasteiger partial charge is 0.381 e. The van der Waals surface area contributed by atoms with Crippen molar-refractivity contribution in [2.24, 2.45) is 0 Å². The third-order valence-corrected chi connectivity index (χ3v) is 5.34. The second-order valence-corrected chi connectivity index (χ2v) is 7.29. The molecule has 5 nitrogen and oxygen atoms in total. The van der Waals surface area contributed by atoms with E-state index in [1.165, 1.54) is 41.5 Å². The van der Waals surface area contributed by atoms with Crippen LogP contribution in [-0.4, -0.2) is 39.2 Å². The summed E-state index contributed by atoms with van der Waals surface area (Å²) in [6, 6.07) is 15.8. The van der Waals surface area contributed by atoms with E-state index in [9.17, 15) is 0 Å². The molecule has 2 aromatic carbocycles. The molecule has 0 spiro atoms. The quantitative estimate of drug-likeness (QED) is 0.521. The minimum Gasteiger partial charge on any atom is -0.381 e. The van der Waals surface area contributed by atoms with Gasteiger partial charge in [-0.3, -0.25) is 10.00 Å². The standard InChI is InChI=1S/C21H23N5/c1-2-19(24-18-4-6-21-17(11-18)12-23-25-21)14-26(9-1)13-15-3-5-20-16(10-15)7-8-22-20/h3-8,10-12,19,22,24H,1-2,9,13-14H2,(H,23,25)/t19-/m0/s1. The van der Waals surface area contributed by atoms with Crippen LogP contribution in [0.1, 0.15) is 18.4 Å². The van der Waals surface area contributed by atoms with Gasteiger partial charge in [-0.1, -0.05) is 6.07 Å². The van der Waals surface area contributed by atoms with E-state index in [0.717, 1.165) is 24.0 Å². The summed E-state index contributed by atoms with van der Waals surface area (Å²) in [5, 5.41) is 13.3. The molecule has 0 radical (unpaired) electrons. The van der Waals surface area contributed by atoms with Crippen LogP contribution in [0.25, 0.3) is 21.8 Å². The second kappa shape index (κ2) is 6.50. The summed E-state index contributed by atoms with van der Waals surface area (Å²) in [5.41, 5.74) is 4.86. The molecule has 26 heavy (non-hydrogen) atoms. The molecule has 3 N–H and O–H groups in total. The number of rotatable bonds is 4. The summed E-state index contributed by atoms with van der Waals surface area (Å²) in [6.45, 7) is 3.26. The average Bonchev–Trinajstić information content (AvgIpc) is 3.30. The summed E-state index contributed by atoms with van der Waals surface area (Å²) < 4.78 is 0. The van der Waals surface area contributed by atoms with Crippen molar-refractivity contribution in [2.75, 3.05) is 18.4 Å². The molecule has 0 aliphatic carbocycles. The lowest BCUT2D eigenvalue weighted by molar-refractivity contribution is 0.208. The van der Waals surface area contributed by atoms with Gasteiger partial charge >= 0.3 is 0 Å². The van der Waals surface area contributed by atoms with E-state index < -0.39 is 0 Å². The molecule has 1 aliphatic heterocycles. The van der Waals surface area contributed by atoms with Crippen molar-refractivity contribution in [3.05, 3.63) is 60.4 Å². The molecule has 0 amide bonds. The van der Waals surface area contributed by atoms with Gasteiger partial charge in [-0.15, -0.1) is 0 Å². The van der Waals surface area contributed by atoms with Crippen molar-refractivity contribution in [1.29, 1.82) is 0 Å². The maximum Gasteiger partial charge on any atom is 0.0651 e. The van der Waals surface area contributed by atoms with Gasteiger partial charge in [-0.05, 0) is 66.7 Å². The molecule has 3 heterocycles. The summed E-state index contributed by atoms with van der Waals surface area (Å²) in [6.07, 6.45) is 6.34. The van der Waals surface area contributed by atoms with Crippen molar-refractivity contribution in [1.82, 2.24) is 20.1 Å². The number of hydrogen-bond donors (Lipinski definition) is 3. The SMILES string of the molecule is c1cc2cc(CN3CCC[C@H](Nc4ccc5[nH]ncc5c4)C3)ccc2[nH]1. The van der Waals surface area contributed by atoms with Gasteiger partial charge in [0.1, 0.15) is 0 Å². The molecule has 0 bridgehead atoms. The summed E-state index contributed by atoms with van der Waals surface area (Å²) >= 11 is 0. The summed E-state index contributed by atoms with van der Waals surface area (Å²) in [5.74, 6) is 0. The molecule has 1 aliphatic rings. The minimum absolute atomic E-state index is 0.490. The van der Waals surface area contributed by atoms with Crippen LogP contribution in [0.4, 0.5) is 5.69 Å². The Morgan fingerprint density at radius 2 is 2.04 bits per heavy atom. The highest BCUT2D eigenvalue weighted by Crippen LogP contribution is 2.22. The molecule has 0 saturated carbocycles. The molecule has 1 atom stereocenters. The molecule has 4 aromatic rings. The summed E-state index contributed by atoms with van der Waals surface area (Å²) in [4.78, 5) is 5.83. The van der Waals surface area contributed by atoms with Crippen molar-refractivity contribution >= 4 is 27.5 Å². The van der Waals surface area contributed by atoms with Crippen LogP contribution in [-0.2, 0) is 6.54 Å². The lowest BCUT2D eigenvalue weighted by atomic mass is 10.0. The molecule has 1 fully saturated rings. The zero-order chi connectivity index (χ0) is 17.3. The van der Waals surface area contributed by atoms with E-state index in [1.54, 1.807) is 0 Å². The van der Waals surface area contributed by atoms with E-state index >= 15 is 0 Å². The first kappa shape index (κ1) is 15.5. The lowest BCUT2D eigenvalue weighted by Gasteiger charge is -2.33. The van der Waals surface area contributed by atoms with Crippen LogP contribution in [0.3, 0.4) is 0 Å². The van der Waals surface area contributed by atoms with Crippen LogP contribution in [0.2, 0.25) is 0 Å². The number of piperidine rings is 1. The van der Waals surface area contributed by atoms with Gasteiger partial charge in [0.15, 0.2) is 0 Å². The van der Waals surface area contributed by atoms with Crippen molar-refractivity contribution in [2.45, 2.75) is 25.4 Å². The smallest absolute Gasteiger partial charge is 0.0651 e. The number of nitrogens with one attached hydrogen (secondary N) is 3. The summed E-state index contributed by atoms with van der Waals surface area (Å²) in [7, 11) is 0. The molecular formula is C21H23N5. The lowest BCUT2D eigenvalue weighted by Crippen LogP contribution is -2.41. The van der Waals surface area contributed by atoms with Gasteiger partial charge in [0.05, 0.1) is 11.7 Å². The molecule has 132 valence electrons. The molecule has 2 aromatic heterocycles. The number of aromatic nitrogens is 3. The van der Waals surface area contributed by atoms with Gasteiger partial charge in [-0.25, -0.2) is 0 Å². The number of H-pyrrole nitrogens is 2. The third-order valence-electron chi connectivity index (χ3n) is 5.34. The van der Waals surface area contributed by atoms with Crippen LogP contribution in [0.15, 0.2) is 54.9 Å². The van der Waals surface area contributed by atoms with Gasteiger partial charge in [0, 0.05) is 41.9 Å². The Labute approximate surface area is 152 Å². The topological polar surface area (TPSA) is 59.7 Å². The average molecular weight is 345 g/mol. The zero-order valence-corrected chi connectivity index (χ0v) is 14.7. The maximum absolute atomic E-state index is 4.10. The van der Waals surface area contributed by atoms with Crippen molar-refractivity contribution < 1.29 is 0 Å². The van der Waals surface area contributed by atoms with Crippen LogP contribution in [0.5, 0.6) is 0 Å². The number of hydrogen-bond acceptors (Lipinski definition) is 3. The Kier molecular flexibility index (Phi) is 3.87. The van der Waals surface area contributed by atoms with E-state index in [-0.39, 0.29) is 0 Å². The maximum atomic E-state index is 4.10. The Morgan fingerprint density at radius 3 is 3.04 bits per heavy atom. The van der Waals surface area contributed by atoms with E-state index in [2.05, 4.69) is 67.9 Å². The van der Waals surface area contributed by atoms with Crippen molar-refractivity contribution in [3.8, 4) is 0 Å². The highest BCUT2D eigenvalue weighted by molar-refractivity contribution is 5.82. The highest BCUT2D eigenvalue weighted by atomic mass is 15.2. The normalized spacial score (nSPS) is 18.5. The van der Waals surface area contributed by atoms with Gasteiger partial charge in [0.25, 0.3) is 0 Å². The van der Waals surface area contributed by atoms with Gasteiger partial charge in [0.2, 0.25) is 0 Å². The molecule has 5 rings (SSSR count). The molecule has 0 unspecified atom stereocenters. The Morgan fingerprint density at radius 1 is 1.08 bits per heavy atom. The number of benzene rings is 2.